The molecule has 0 saturated carbocycles. The Labute approximate surface area is 225 Å². The number of H-pyrrole nitrogens is 1. The molecule has 1 aliphatic heterocycles. The third kappa shape index (κ3) is 6.27. The highest BCUT2D eigenvalue weighted by atomic mass is 79.9. The molecule has 1 aromatic heterocycles. The fraction of sp³-hybridized carbons (Fsp3) is 0.417. The van der Waals surface area contributed by atoms with Crippen LogP contribution in [0.1, 0.15) is 26.7 Å². The molecule has 0 amide bonds. The molecule has 0 atom stereocenters. The minimum absolute atomic E-state index is 0.0280. The van der Waals surface area contributed by atoms with Gasteiger partial charge in [0.1, 0.15) is 17.2 Å². The first-order chi connectivity index (χ1) is 18.0. The first-order valence-electron chi connectivity index (χ1n) is 11.8. The standard InChI is InChI=1S/C22H24BrFN4O8.C2H6/c1-35-18-16(29)14-15(26-21(31)27-20(14)25-13-3-2-11(23)8-12(13)24)17(30)19(18)36-9-10-4-6-28(7-5-10)22(32,33)34;1-2/h2-3,8,10,29-30,32-34H,4-7,9H2,1H3,(H2,25,26,27,31);1-2H3. The van der Waals surface area contributed by atoms with E-state index in [1.165, 1.54) is 19.2 Å². The molecule has 0 radical (unpaired) electrons. The minimum atomic E-state index is -2.90. The van der Waals surface area contributed by atoms with Crippen molar-refractivity contribution in [3.05, 3.63) is 39.0 Å². The lowest BCUT2D eigenvalue weighted by molar-refractivity contribution is -0.396. The number of phenols is 2. The number of hydrogen-bond acceptors (Lipinski definition) is 11. The van der Waals surface area contributed by atoms with E-state index in [0.29, 0.717) is 17.3 Å². The van der Waals surface area contributed by atoms with E-state index in [9.17, 15) is 34.7 Å². The maximum atomic E-state index is 14.4. The first-order valence-corrected chi connectivity index (χ1v) is 12.6. The smallest absolute Gasteiger partial charge is 0.347 e. The van der Waals surface area contributed by atoms with Crippen molar-refractivity contribution in [2.75, 3.05) is 32.1 Å². The molecule has 4 rings (SSSR count). The second-order valence-corrected chi connectivity index (χ2v) is 9.21. The number of fused-ring (bicyclic) bond motifs is 1. The van der Waals surface area contributed by atoms with Crippen molar-refractivity contribution in [1.82, 2.24) is 14.9 Å². The molecule has 2 aromatic carbocycles. The van der Waals surface area contributed by atoms with Gasteiger partial charge in [0.05, 0.1) is 24.8 Å². The van der Waals surface area contributed by atoms with Gasteiger partial charge in [0.25, 0.3) is 0 Å². The normalized spacial score (nSPS) is 14.6. The summed E-state index contributed by atoms with van der Waals surface area (Å²) in [7, 11) is 1.25. The van der Waals surface area contributed by atoms with E-state index in [2.05, 4.69) is 31.2 Å². The first kappa shape index (κ1) is 29.4. The highest BCUT2D eigenvalue weighted by Crippen LogP contribution is 2.51. The maximum absolute atomic E-state index is 14.4. The second-order valence-electron chi connectivity index (χ2n) is 8.29. The van der Waals surface area contributed by atoms with E-state index in [1.54, 1.807) is 6.07 Å². The summed E-state index contributed by atoms with van der Waals surface area (Å²) in [6.45, 7) is 4.43. The zero-order valence-electron chi connectivity index (χ0n) is 21.0. The summed E-state index contributed by atoms with van der Waals surface area (Å²) in [6.07, 6.45) is -2.01. The lowest BCUT2D eigenvalue weighted by Gasteiger charge is -2.36. The summed E-state index contributed by atoms with van der Waals surface area (Å²) in [4.78, 5) is 19.5. The van der Waals surface area contributed by atoms with Crippen molar-refractivity contribution < 1.29 is 39.4 Å². The van der Waals surface area contributed by atoms with Crippen molar-refractivity contribution in [2.45, 2.75) is 32.8 Å². The van der Waals surface area contributed by atoms with Gasteiger partial charge in [0, 0.05) is 17.6 Å². The predicted molar refractivity (Wildman–Crippen MR) is 140 cm³/mol. The van der Waals surface area contributed by atoms with Crippen molar-refractivity contribution in [1.29, 1.82) is 0 Å². The van der Waals surface area contributed by atoms with Gasteiger partial charge in [-0.25, -0.2) is 14.1 Å². The van der Waals surface area contributed by atoms with Gasteiger partial charge >= 0.3 is 11.8 Å². The molecule has 3 aromatic rings. The van der Waals surface area contributed by atoms with Gasteiger partial charge in [0.15, 0.2) is 11.5 Å². The van der Waals surface area contributed by atoms with Crippen LogP contribution in [0.25, 0.3) is 10.9 Å². The summed E-state index contributed by atoms with van der Waals surface area (Å²) in [6, 6.07) is 4.17. The minimum Gasteiger partial charge on any atom is -0.504 e. The van der Waals surface area contributed by atoms with Crippen LogP contribution in [0.5, 0.6) is 23.0 Å². The Hall–Kier alpha value is -3.17. The largest absolute Gasteiger partial charge is 0.504 e. The summed E-state index contributed by atoms with van der Waals surface area (Å²) >= 11 is 3.16. The number of benzene rings is 2. The number of anilines is 2. The Morgan fingerprint density at radius 1 is 1.18 bits per heavy atom. The van der Waals surface area contributed by atoms with Gasteiger partial charge in [-0.15, -0.1) is 0 Å². The summed E-state index contributed by atoms with van der Waals surface area (Å²) < 4.78 is 25.9. The number of phenolic OH excluding ortho intramolecular Hbond substituents is 2. The number of ether oxygens (including phenoxy) is 2. The molecule has 2 heterocycles. The van der Waals surface area contributed by atoms with Crippen LogP contribution in [0.4, 0.5) is 15.9 Å². The fourth-order valence-electron chi connectivity index (χ4n) is 4.06. The molecular weight excluding hydrogens is 571 g/mol. The van der Waals surface area contributed by atoms with Crippen LogP contribution in [0, 0.1) is 11.7 Å². The SMILES string of the molecule is CC.COc1c(OCC2CCN(C(O)(O)O)CC2)c(O)c2[nH]c(=O)nc(Nc3ccc(Br)cc3F)c2c1O. The number of hydrogen-bond donors (Lipinski definition) is 7. The van der Waals surface area contributed by atoms with E-state index in [-0.39, 0.29) is 59.5 Å². The van der Waals surface area contributed by atoms with Crippen LogP contribution < -0.4 is 20.5 Å². The highest BCUT2D eigenvalue weighted by Gasteiger charge is 2.33. The number of aliphatic hydroxyl groups is 3. The number of nitrogens with zero attached hydrogens (tertiary/aromatic N) is 2. The number of halogens is 2. The average Bonchev–Trinajstić information content (AvgIpc) is 2.87. The van der Waals surface area contributed by atoms with Crippen molar-refractivity contribution in [3.63, 3.8) is 0 Å². The van der Waals surface area contributed by atoms with Gasteiger partial charge in [-0.3, -0.25) is 0 Å². The van der Waals surface area contributed by atoms with Gasteiger partial charge in [-0.1, -0.05) is 29.8 Å². The van der Waals surface area contributed by atoms with Gasteiger partial charge in [-0.2, -0.15) is 4.98 Å². The molecule has 14 heteroatoms. The predicted octanol–water partition coefficient (Wildman–Crippen LogP) is 2.69. The number of piperidine rings is 1. The van der Waals surface area contributed by atoms with E-state index >= 15 is 0 Å². The third-order valence-electron chi connectivity index (χ3n) is 5.93. The molecule has 1 fully saturated rings. The molecule has 1 aliphatic rings. The van der Waals surface area contributed by atoms with Crippen molar-refractivity contribution in [2.24, 2.45) is 5.92 Å². The van der Waals surface area contributed by atoms with Crippen molar-refractivity contribution in [3.8, 4) is 23.0 Å². The lowest BCUT2D eigenvalue weighted by Crippen LogP contribution is -2.52. The summed E-state index contributed by atoms with van der Waals surface area (Å²) in [5, 5.41) is 52.4. The van der Waals surface area contributed by atoms with E-state index in [4.69, 9.17) is 9.47 Å². The monoisotopic (exact) mass is 600 g/mol. The Balaban J connectivity index is 0.00000195. The zero-order valence-corrected chi connectivity index (χ0v) is 22.5. The van der Waals surface area contributed by atoms with Gasteiger partial charge < -0.3 is 45.3 Å². The summed E-state index contributed by atoms with van der Waals surface area (Å²) in [5.74, 6) is -2.46. The van der Waals surface area contributed by atoms with Crippen LogP contribution in [-0.2, 0) is 0 Å². The van der Waals surface area contributed by atoms with Gasteiger partial charge in [-0.05, 0) is 37.0 Å². The average molecular weight is 601 g/mol. The molecule has 0 aliphatic carbocycles. The van der Waals surface area contributed by atoms with Gasteiger partial charge in [0.2, 0.25) is 11.5 Å². The third-order valence-corrected chi connectivity index (χ3v) is 6.43. The Bertz CT molecular complexity index is 1340. The fourth-order valence-corrected chi connectivity index (χ4v) is 4.39. The van der Waals surface area contributed by atoms with Crippen molar-refractivity contribution >= 4 is 38.3 Å². The Kier molecular flexibility index (Phi) is 9.38. The molecule has 38 heavy (non-hydrogen) atoms. The molecule has 208 valence electrons. The molecular formula is C24H30BrFN4O8. The van der Waals surface area contributed by atoms with Crippen LogP contribution in [0.15, 0.2) is 27.5 Å². The molecule has 12 nitrogen and oxygen atoms in total. The lowest BCUT2D eigenvalue weighted by atomic mass is 9.98. The Morgan fingerprint density at radius 3 is 2.42 bits per heavy atom. The highest BCUT2D eigenvalue weighted by molar-refractivity contribution is 9.10. The molecule has 7 N–H and O–H groups in total. The number of likely N-dealkylation sites (tertiary alicyclic amines) is 1. The van der Waals surface area contributed by atoms with Crippen LogP contribution in [0.2, 0.25) is 0 Å². The molecule has 0 spiro atoms. The maximum Gasteiger partial charge on any atom is 0.347 e. The van der Waals surface area contributed by atoms with Crippen LogP contribution >= 0.6 is 15.9 Å². The summed E-state index contributed by atoms with van der Waals surface area (Å²) in [5.41, 5.74) is -1.11. The number of aromatic amines is 1. The molecule has 0 bridgehead atoms. The molecule has 1 saturated heterocycles. The number of nitrogens with one attached hydrogen (secondary N) is 2. The van der Waals surface area contributed by atoms with Crippen LogP contribution in [0.3, 0.4) is 0 Å². The molecule has 0 unspecified atom stereocenters. The number of aromatic hydroxyl groups is 2. The van der Waals surface area contributed by atoms with E-state index < -0.39 is 29.1 Å². The number of rotatable bonds is 7. The number of aromatic nitrogens is 2. The topological polar surface area (TPSA) is 181 Å². The number of methoxy groups -OCH3 is 1. The van der Waals surface area contributed by atoms with E-state index in [1.807, 2.05) is 13.8 Å². The van der Waals surface area contributed by atoms with E-state index in [0.717, 1.165) is 4.90 Å². The second kappa shape index (κ2) is 12.1. The zero-order chi connectivity index (χ0) is 28.2. The van der Waals surface area contributed by atoms with Crippen LogP contribution in [-0.4, -0.2) is 73.3 Å². The quantitative estimate of drug-likeness (QED) is 0.156. The Morgan fingerprint density at radius 2 is 1.84 bits per heavy atom.